The number of amides is 2. The van der Waals surface area contributed by atoms with E-state index in [9.17, 15) is 18.4 Å². The molecular formula is C26H33F2N7O2. The molecule has 37 heavy (non-hydrogen) atoms. The summed E-state index contributed by atoms with van der Waals surface area (Å²) >= 11 is 0. The fraction of sp³-hybridized carbons (Fsp3) is 0.577. The van der Waals surface area contributed by atoms with E-state index in [0.29, 0.717) is 36.5 Å². The number of alkyl halides is 2. The quantitative estimate of drug-likeness (QED) is 0.502. The SMILES string of the molecule is CCn1nccc1C(=O)NC(c1cn2nc(CC3CCCNC3=O)c(C)cc2n1)C1CCC(F)(F)CC1. The zero-order valence-electron chi connectivity index (χ0n) is 21.2. The smallest absolute Gasteiger partial charge is 0.270 e. The summed E-state index contributed by atoms with van der Waals surface area (Å²) in [5.74, 6) is -3.23. The van der Waals surface area contributed by atoms with E-state index in [-0.39, 0.29) is 49.3 Å². The number of carbonyl (C=O) groups is 2. The first-order valence-electron chi connectivity index (χ1n) is 13.1. The maximum Gasteiger partial charge on any atom is 0.270 e. The third-order valence-corrected chi connectivity index (χ3v) is 7.69. The summed E-state index contributed by atoms with van der Waals surface area (Å²) in [6.45, 7) is 5.10. The van der Waals surface area contributed by atoms with Crippen LogP contribution < -0.4 is 10.6 Å². The molecule has 5 rings (SSSR count). The number of halogens is 2. The predicted octanol–water partition coefficient (Wildman–Crippen LogP) is 3.62. The number of piperidine rings is 1. The van der Waals surface area contributed by atoms with Crippen molar-refractivity contribution in [2.45, 2.75) is 77.3 Å². The van der Waals surface area contributed by atoms with Gasteiger partial charge in [0.25, 0.3) is 5.91 Å². The van der Waals surface area contributed by atoms with Crippen LogP contribution in [-0.4, -0.2) is 48.7 Å². The Labute approximate surface area is 214 Å². The van der Waals surface area contributed by atoms with E-state index in [0.717, 1.165) is 24.1 Å². The van der Waals surface area contributed by atoms with E-state index < -0.39 is 12.0 Å². The zero-order valence-corrected chi connectivity index (χ0v) is 21.2. The molecule has 1 saturated heterocycles. The van der Waals surface area contributed by atoms with Crippen LogP contribution in [-0.2, 0) is 17.8 Å². The summed E-state index contributed by atoms with van der Waals surface area (Å²) < 4.78 is 31.2. The Balaban J connectivity index is 1.44. The Morgan fingerprint density at radius 2 is 2.08 bits per heavy atom. The molecule has 198 valence electrons. The molecule has 3 aromatic heterocycles. The molecule has 9 nitrogen and oxygen atoms in total. The van der Waals surface area contributed by atoms with Crippen molar-refractivity contribution in [3.05, 3.63) is 47.2 Å². The van der Waals surface area contributed by atoms with Crippen molar-refractivity contribution in [1.82, 2.24) is 35.0 Å². The minimum Gasteiger partial charge on any atom is -0.356 e. The second-order valence-corrected chi connectivity index (χ2v) is 10.3. The topological polar surface area (TPSA) is 106 Å². The van der Waals surface area contributed by atoms with Gasteiger partial charge in [-0.05, 0) is 63.1 Å². The summed E-state index contributed by atoms with van der Waals surface area (Å²) in [6.07, 6.45) is 5.81. The Kier molecular flexibility index (Phi) is 6.96. The van der Waals surface area contributed by atoms with Crippen molar-refractivity contribution in [2.75, 3.05) is 6.54 Å². The molecule has 1 saturated carbocycles. The normalized spacial score (nSPS) is 21.1. The molecule has 2 fully saturated rings. The maximum atomic E-state index is 13.9. The molecule has 3 aromatic rings. The van der Waals surface area contributed by atoms with Gasteiger partial charge < -0.3 is 10.6 Å². The lowest BCUT2D eigenvalue weighted by Crippen LogP contribution is -2.38. The summed E-state index contributed by atoms with van der Waals surface area (Å²) in [6, 6.07) is 3.03. The molecule has 0 radical (unpaired) electrons. The fourth-order valence-electron chi connectivity index (χ4n) is 5.51. The lowest BCUT2D eigenvalue weighted by Gasteiger charge is -2.33. The zero-order chi connectivity index (χ0) is 26.2. The van der Waals surface area contributed by atoms with Gasteiger partial charge in [-0.1, -0.05) is 0 Å². The van der Waals surface area contributed by atoms with E-state index in [1.165, 1.54) is 0 Å². The fourth-order valence-corrected chi connectivity index (χ4v) is 5.51. The summed E-state index contributed by atoms with van der Waals surface area (Å²) in [7, 11) is 0. The number of carbonyl (C=O) groups excluding carboxylic acids is 2. The van der Waals surface area contributed by atoms with Crippen LogP contribution in [0.1, 0.15) is 78.9 Å². The predicted molar refractivity (Wildman–Crippen MR) is 132 cm³/mol. The van der Waals surface area contributed by atoms with Crippen LogP contribution in [0.3, 0.4) is 0 Å². The van der Waals surface area contributed by atoms with Gasteiger partial charge in [0.15, 0.2) is 5.65 Å². The van der Waals surface area contributed by atoms with E-state index in [4.69, 9.17) is 10.1 Å². The van der Waals surface area contributed by atoms with Crippen LogP contribution in [0.2, 0.25) is 0 Å². The molecule has 1 aliphatic carbocycles. The number of aryl methyl sites for hydroxylation is 2. The van der Waals surface area contributed by atoms with Crippen LogP contribution in [0.15, 0.2) is 24.5 Å². The number of hydrogen-bond acceptors (Lipinski definition) is 5. The van der Waals surface area contributed by atoms with Crippen molar-refractivity contribution >= 4 is 17.5 Å². The monoisotopic (exact) mass is 513 g/mol. The summed E-state index contributed by atoms with van der Waals surface area (Å²) in [5.41, 5.74) is 3.38. The van der Waals surface area contributed by atoms with Gasteiger partial charge in [-0.25, -0.2) is 18.3 Å². The highest BCUT2D eigenvalue weighted by molar-refractivity contribution is 5.92. The third kappa shape index (κ3) is 5.35. The Hall–Kier alpha value is -3.37. The summed E-state index contributed by atoms with van der Waals surface area (Å²) in [4.78, 5) is 30.2. The first kappa shape index (κ1) is 25.3. The Morgan fingerprint density at radius 3 is 2.81 bits per heavy atom. The first-order chi connectivity index (χ1) is 17.7. The molecule has 0 aromatic carbocycles. The van der Waals surface area contributed by atoms with Gasteiger partial charge in [0, 0.05) is 44.5 Å². The van der Waals surface area contributed by atoms with Crippen molar-refractivity contribution in [3.8, 4) is 0 Å². The molecule has 2 atom stereocenters. The largest absolute Gasteiger partial charge is 0.356 e. The number of hydrogen-bond donors (Lipinski definition) is 2. The number of nitrogens with zero attached hydrogens (tertiary/aromatic N) is 5. The number of rotatable bonds is 7. The van der Waals surface area contributed by atoms with Gasteiger partial charge >= 0.3 is 0 Å². The minimum atomic E-state index is -2.68. The van der Waals surface area contributed by atoms with Gasteiger partial charge in [-0.15, -0.1) is 0 Å². The number of fused-ring (bicyclic) bond motifs is 1. The molecule has 11 heteroatoms. The molecule has 1 aliphatic heterocycles. The van der Waals surface area contributed by atoms with Gasteiger partial charge in [-0.2, -0.15) is 10.2 Å². The maximum absolute atomic E-state index is 13.9. The Morgan fingerprint density at radius 1 is 1.30 bits per heavy atom. The van der Waals surface area contributed by atoms with Crippen LogP contribution in [0.4, 0.5) is 8.78 Å². The standard InChI is InChI=1S/C26H33F2N7O2/c1-3-34-21(8-12-30-34)25(37)32-23(17-6-9-26(27,28)10-7-17)20-15-35-22(31-20)13-16(2)19(33-35)14-18-5-4-11-29-24(18)36/h8,12-13,15,17-18,23H,3-7,9-11,14H2,1-2H3,(H,29,36)(H,32,37). The number of aromatic nitrogens is 5. The molecule has 0 bridgehead atoms. The van der Waals surface area contributed by atoms with Crippen molar-refractivity contribution in [2.24, 2.45) is 11.8 Å². The van der Waals surface area contributed by atoms with Crippen LogP contribution in [0.5, 0.6) is 0 Å². The van der Waals surface area contributed by atoms with Crippen LogP contribution in [0, 0.1) is 18.8 Å². The lowest BCUT2D eigenvalue weighted by molar-refractivity contribution is -0.126. The highest BCUT2D eigenvalue weighted by atomic mass is 19.3. The van der Waals surface area contributed by atoms with Crippen molar-refractivity contribution in [3.63, 3.8) is 0 Å². The van der Waals surface area contributed by atoms with E-state index in [1.807, 2.05) is 19.9 Å². The second-order valence-electron chi connectivity index (χ2n) is 10.3. The minimum absolute atomic E-state index is 0.0575. The molecule has 2 aliphatic rings. The van der Waals surface area contributed by atoms with Gasteiger partial charge in [0.2, 0.25) is 11.8 Å². The van der Waals surface area contributed by atoms with E-state index >= 15 is 0 Å². The first-order valence-corrected chi connectivity index (χ1v) is 13.1. The van der Waals surface area contributed by atoms with E-state index in [2.05, 4.69) is 15.7 Å². The van der Waals surface area contributed by atoms with Crippen molar-refractivity contribution < 1.29 is 18.4 Å². The summed E-state index contributed by atoms with van der Waals surface area (Å²) in [5, 5.41) is 14.9. The van der Waals surface area contributed by atoms with Gasteiger partial charge in [0.1, 0.15) is 5.69 Å². The number of imidazole rings is 1. The third-order valence-electron chi connectivity index (χ3n) is 7.69. The van der Waals surface area contributed by atoms with Gasteiger partial charge in [0.05, 0.1) is 23.6 Å². The average molecular weight is 514 g/mol. The molecule has 4 heterocycles. The highest BCUT2D eigenvalue weighted by Gasteiger charge is 2.39. The molecule has 2 N–H and O–H groups in total. The van der Waals surface area contributed by atoms with Crippen LogP contribution >= 0.6 is 0 Å². The highest BCUT2D eigenvalue weighted by Crippen LogP contribution is 2.41. The Bertz CT molecular complexity index is 1290. The van der Waals surface area contributed by atoms with Gasteiger partial charge in [-0.3, -0.25) is 14.3 Å². The second kappa shape index (κ2) is 10.2. The number of nitrogens with one attached hydrogen (secondary N) is 2. The van der Waals surface area contributed by atoms with E-state index in [1.54, 1.807) is 27.7 Å². The van der Waals surface area contributed by atoms with Crippen molar-refractivity contribution in [1.29, 1.82) is 0 Å². The van der Waals surface area contributed by atoms with Crippen LogP contribution in [0.25, 0.3) is 5.65 Å². The molecule has 2 unspecified atom stereocenters. The molecule has 2 amide bonds. The average Bonchev–Trinajstić information content (AvgIpc) is 3.51. The lowest BCUT2D eigenvalue weighted by atomic mass is 9.81. The molecular weight excluding hydrogens is 480 g/mol. The molecule has 0 spiro atoms.